The number of aliphatic carboxylic acids is 1. The molecule has 110 valence electrons. The Hall–Kier alpha value is -1.34. The van der Waals surface area contributed by atoms with Gasteiger partial charge in [-0.1, -0.05) is 6.92 Å². The van der Waals surface area contributed by atoms with Crippen molar-refractivity contribution in [2.75, 3.05) is 40.9 Å². The van der Waals surface area contributed by atoms with Crippen LogP contribution in [0.25, 0.3) is 0 Å². The summed E-state index contributed by atoms with van der Waals surface area (Å²) < 4.78 is 10.5. The summed E-state index contributed by atoms with van der Waals surface area (Å²) >= 11 is 0. The lowest BCUT2D eigenvalue weighted by atomic mass is 10.2. The summed E-state index contributed by atoms with van der Waals surface area (Å²) in [4.78, 5) is 26.0. The molecule has 1 aliphatic heterocycles. The minimum Gasteiger partial charge on any atom is -0.481 e. The number of ether oxygens (including phenoxy) is 2. The quantitative estimate of drug-likeness (QED) is 0.769. The first-order valence-corrected chi connectivity index (χ1v) is 6.19. The van der Waals surface area contributed by atoms with E-state index in [2.05, 4.69) is 0 Å². The van der Waals surface area contributed by atoms with Crippen LogP contribution < -0.4 is 0 Å². The Bertz CT molecular complexity index is 324. The summed E-state index contributed by atoms with van der Waals surface area (Å²) in [7, 11) is 4.77. The first-order valence-electron chi connectivity index (χ1n) is 6.19. The number of hydrogen-bond acceptors (Lipinski definition) is 4. The van der Waals surface area contributed by atoms with Crippen molar-refractivity contribution >= 4 is 12.0 Å². The molecule has 0 aromatic carbocycles. The number of nitrogens with zero attached hydrogens (tertiary/aromatic N) is 2. The Labute approximate surface area is 113 Å². The summed E-state index contributed by atoms with van der Waals surface area (Å²) in [5, 5.41) is 8.85. The van der Waals surface area contributed by atoms with Gasteiger partial charge in [-0.2, -0.15) is 0 Å². The number of carboxylic acids is 1. The second-order valence-corrected chi connectivity index (χ2v) is 4.86. The van der Waals surface area contributed by atoms with Crippen LogP contribution in [-0.2, 0) is 14.3 Å². The molecule has 0 aromatic rings. The smallest absolute Gasteiger partial charge is 0.319 e. The molecule has 1 N–H and O–H groups in total. The molecule has 0 radical (unpaired) electrons. The van der Waals surface area contributed by atoms with Gasteiger partial charge in [0.05, 0.1) is 19.0 Å². The topological polar surface area (TPSA) is 79.3 Å². The molecule has 1 heterocycles. The largest absolute Gasteiger partial charge is 0.481 e. The molecule has 3 unspecified atom stereocenters. The second kappa shape index (κ2) is 6.72. The lowest BCUT2D eigenvalue weighted by molar-refractivity contribution is -0.141. The van der Waals surface area contributed by atoms with Gasteiger partial charge in [-0.25, -0.2) is 4.79 Å². The Kier molecular flexibility index (Phi) is 5.56. The van der Waals surface area contributed by atoms with Crippen molar-refractivity contribution in [3.63, 3.8) is 0 Å². The van der Waals surface area contributed by atoms with E-state index in [9.17, 15) is 9.59 Å². The van der Waals surface area contributed by atoms with Crippen LogP contribution in [0, 0.1) is 5.92 Å². The molecule has 0 aromatic heterocycles. The molecule has 19 heavy (non-hydrogen) atoms. The highest BCUT2D eigenvalue weighted by Crippen LogP contribution is 2.17. The van der Waals surface area contributed by atoms with Crippen molar-refractivity contribution in [2.45, 2.75) is 19.1 Å². The fraction of sp³-hybridized carbons (Fsp3) is 0.833. The number of methoxy groups -OCH3 is 2. The molecule has 1 fully saturated rings. The predicted octanol–water partition coefficient (Wildman–Crippen LogP) is 0.105. The highest BCUT2D eigenvalue weighted by Gasteiger charge is 2.36. The number of likely N-dealkylation sites (tertiary alicyclic amines) is 1. The minimum absolute atomic E-state index is 0.140. The molecule has 0 aliphatic carbocycles. The van der Waals surface area contributed by atoms with Gasteiger partial charge in [-0.15, -0.1) is 0 Å². The van der Waals surface area contributed by atoms with Crippen LogP contribution in [0.5, 0.6) is 0 Å². The van der Waals surface area contributed by atoms with E-state index in [0.717, 1.165) is 0 Å². The zero-order valence-electron chi connectivity index (χ0n) is 11.8. The molecular weight excluding hydrogens is 252 g/mol. The van der Waals surface area contributed by atoms with E-state index in [1.165, 1.54) is 4.90 Å². The van der Waals surface area contributed by atoms with Crippen molar-refractivity contribution in [2.24, 2.45) is 5.92 Å². The summed E-state index contributed by atoms with van der Waals surface area (Å²) in [6.07, 6.45) is -0.279. The Morgan fingerprint density at radius 2 is 1.79 bits per heavy atom. The molecule has 2 amide bonds. The predicted molar refractivity (Wildman–Crippen MR) is 68.0 cm³/mol. The van der Waals surface area contributed by atoms with Crippen molar-refractivity contribution in [1.82, 2.24) is 9.80 Å². The maximum Gasteiger partial charge on any atom is 0.319 e. The third kappa shape index (κ3) is 3.81. The van der Waals surface area contributed by atoms with E-state index in [1.54, 1.807) is 33.1 Å². The standard InChI is InChI=1S/C12H22N2O5/c1-8(11(15)16)5-13(2)12(17)14-6-9(18-3)10(7-14)19-4/h8-10H,5-7H2,1-4H3,(H,15,16). The summed E-state index contributed by atoms with van der Waals surface area (Å²) in [6, 6.07) is -0.199. The van der Waals surface area contributed by atoms with Gasteiger partial charge in [-0.05, 0) is 0 Å². The average Bonchev–Trinajstić information content (AvgIpc) is 2.80. The van der Waals surface area contributed by atoms with E-state index >= 15 is 0 Å². The molecule has 0 saturated carbocycles. The maximum absolute atomic E-state index is 12.2. The van der Waals surface area contributed by atoms with Crippen LogP contribution in [0.1, 0.15) is 6.92 Å². The van der Waals surface area contributed by atoms with Gasteiger partial charge in [0.25, 0.3) is 0 Å². The number of carbonyl (C=O) groups is 2. The number of amides is 2. The Balaban J connectivity index is 2.56. The fourth-order valence-electron chi connectivity index (χ4n) is 2.16. The van der Waals surface area contributed by atoms with E-state index in [1.807, 2.05) is 0 Å². The SMILES string of the molecule is COC1CN(C(=O)N(C)CC(C)C(=O)O)CC1OC. The monoisotopic (exact) mass is 274 g/mol. The van der Waals surface area contributed by atoms with Gasteiger partial charge in [0.1, 0.15) is 12.2 Å². The first-order chi connectivity index (χ1) is 8.90. The van der Waals surface area contributed by atoms with Crippen LogP contribution in [0.2, 0.25) is 0 Å². The third-order valence-corrected chi connectivity index (χ3v) is 3.39. The van der Waals surface area contributed by atoms with E-state index in [0.29, 0.717) is 13.1 Å². The first kappa shape index (κ1) is 15.7. The minimum atomic E-state index is -0.911. The lowest BCUT2D eigenvalue weighted by Gasteiger charge is -2.25. The molecule has 0 spiro atoms. The van der Waals surface area contributed by atoms with Crippen molar-refractivity contribution in [1.29, 1.82) is 0 Å². The third-order valence-electron chi connectivity index (χ3n) is 3.39. The van der Waals surface area contributed by atoms with Crippen LogP contribution in [0.15, 0.2) is 0 Å². The van der Waals surface area contributed by atoms with Gasteiger partial charge in [0, 0.05) is 27.8 Å². The Morgan fingerprint density at radius 3 is 2.16 bits per heavy atom. The van der Waals surface area contributed by atoms with Crippen molar-refractivity contribution in [3.05, 3.63) is 0 Å². The van der Waals surface area contributed by atoms with Crippen LogP contribution in [0.3, 0.4) is 0 Å². The lowest BCUT2D eigenvalue weighted by Crippen LogP contribution is -2.43. The molecule has 0 bridgehead atoms. The highest BCUT2D eigenvalue weighted by atomic mass is 16.5. The average molecular weight is 274 g/mol. The van der Waals surface area contributed by atoms with E-state index < -0.39 is 11.9 Å². The van der Waals surface area contributed by atoms with Gasteiger partial charge in [0.15, 0.2) is 0 Å². The Morgan fingerprint density at radius 1 is 1.32 bits per heavy atom. The molecular formula is C12H22N2O5. The van der Waals surface area contributed by atoms with E-state index in [4.69, 9.17) is 14.6 Å². The zero-order valence-corrected chi connectivity index (χ0v) is 11.8. The summed E-state index contributed by atoms with van der Waals surface area (Å²) in [5.74, 6) is -1.50. The van der Waals surface area contributed by atoms with Crippen LogP contribution in [0.4, 0.5) is 4.79 Å². The zero-order chi connectivity index (χ0) is 14.6. The molecule has 1 aliphatic rings. The van der Waals surface area contributed by atoms with Gasteiger partial charge >= 0.3 is 12.0 Å². The molecule has 1 saturated heterocycles. The number of carbonyl (C=O) groups excluding carboxylic acids is 1. The van der Waals surface area contributed by atoms with Gasteiger partial charge in [-0.3, -0.25) is 4.79 Å². The summed E-state index contributed by atoms with van der Waals surface area (Å²) in [5.41, 5.74) is 0. The highest BCUT2D eigenvalue weighted by molar-refractivity contribution is 5.76. The second-order valence-electron chi connectivity index (χ2n) is 4.86. The van der Waals surface area contributed by atoms with Crippen LogP contribution >= 0.6 is 0 Å². The number of carboxylic acid groups (broad SMARTS) is 1. The number of hydrogen-bond donors (Lipinski definition) is 1. The van der Waals surface area contributed by atoms with Gasteiger partial charge < -0.3 is 24.4 Å². The molecule has 7 nitrogen and oxygen atoms in total. The number of rotatable bonds is 5. The fourth-order valence-corrected chi connectivity index (χ4v) is 2.16. The van der Waals surface area contributed by atoms with Crippen LogP contribution in [-0.4, -0.2) is 80.0 Å². The maximum atomic E-state index is 12.2. The van der Waals surface area contributed by atoms with Crippen molar-refractivity contribution in [3.8, 4) is 0 Å². The van der Waals surface area contributed by atoms with Crippen molar-refractivity contribution < 1.29 is 24.2 Å². The number of urea groups is 1. The van der Waals surface area contributed by atoms with E-state index in [-0.39, 0.29) is 24.8 Å². The summed E-state index contributed by atoms with van der Waals surface area (Å²) in [6.45, 7) is 2.67. The molecule has 7 heteroatoms. The van der Waals surface area contributed by atoms with Gasteiger partial charge in [0.2, 0.25) is 0 Å². The molecule has 1 rings (SSSR count). The molecule has 3 atom stereocenters. The normalized spacial score (nSPS) is 24.3.